The minimum absolute atomic E-state index is 0.184. The number of amides is 1. The van der Waals surface area contributed by atoms with Crippen molar-refractivity contribution in [1.29, 1.82) is 0 Å². The van der Waals surface area contributed by atoms with Crippen LogP contribution < -0.4 is 5.32 Å². The monoisotopic (exact) mass is 307 g/mol. The molecule has 1 N–H and O–H groups in total. The fraction of sp³-hybridized carbons (Fsp3) is 0.188. The number of thioether (sulfide) groups is 1. The minimum Gasteiger partial charge on any atom is -0.325 e. The van der Waals surface area contributed by atoms with E-state index in [0.29, 0.717) is 11.4 Å². The molecule has 5 heteroatoms. The number of aryl methyl sites for hydroxylation is 1. The highest BCUT2D eigenvalue weighted by molar-refractivity contribution is 7.99. The van der Waals surface area contributed by atoms with Crippen LogP contribution in [0.25, 0.3) is 0 Å². The first kappa shape index (κ1) is 15.5. The van der Waals surface area contributed by atoms with Crippen LogP contribution in [0, 0.1) is 18.6 Å². The number of halogens is 2. The van der Waals surface area contributed by atoms with E-state index in [1.807, 2.05) is 0 Å². The molecule has 0 saturated heterocycles. The summed E-state index contributed by atoms with van der Waals surface area (Å²) in [6, 6.07) is 10.5. The van der Waals surface area contributed by atoms with Crippen molar-refractivity contribution in [2.24, 2.45) is 0 Å². The smallest absolute Gasteiger partial charge is 0.234 e. The Morgan fingerprint density at radius 2 is 1.76 bits per heavy atom. The van der Waals surface area contributed by atoms with Crippen molar-refractivity contribution in [3.63, 3.8) is 0 Å². The lowest BCUT2D eigenvalue weighted by Gasteiger charge is -2.08. The van der Waals surface area contributed by atoms with Crippen LogP contribution in [0.1, 0.15) is 11.1 Å². The largest absolute Gasteiger partial charge is 0.325 e. The molecular formula is C16H15F2NOS. The Balaban J connectivity index is 1.82. The molecule has 2 aromatic carbocycles. The van der Waals surface area contributed by atoms with Crippen molar-refractivity contribution in [2.75, 3.05) is 11.1 Å². The quantitative estimate of drug-likeness (QED) is 0.899. The molecule has 2 nitrogen and oxygen atoms in total. The van der Waals surface area contributed by atoms with E-state index >= 15 is 0 Å². The first-order valence-corrected chi connectivity index (χ1v) is 7.58. The number of hydrogen-bond donors (Lipinski definition) is 1. The molecule has 0 aromatic heterocycles. The molecule has 0 fully saturated rings. The number of nitrogens with one attached hydrogen (secondary N) is 1. The number of anilines is 1. The van der Waals surface area contributed by atoms with Crippen molar-refractivity contribution in [3.8, 4) is 0 Å². The average Bonchev–Trinajstić information content (AvgIpc) is 2.45. The number of carbonyl (C=O) groups is 1. The fourth-order valence-electron chi connectivity index (χ4n) is 1.76. The van der Waals surface area contributed by atoms with Gasteiger partial charge in [-0.1, -0.05) is 18.2 Å². The zero-order chi connectivity index (χ0) is 15.2. The molecule has 0 radical (unpaired) electrons. The maximum absolute atomic E-state index is 13.1. The van der Waals surface area contributed by atoms with E-state index in [0.717, 1.165) is 11.1 Å². The second-order valence-electron chi connectivity index (χ2n) is 4.63. The summed E-state index contributed by atoms with van der Waals surface area (Å²) >= 11 is 1.42. The molecule has 110 valence electrons. The molecule has 0 unspecified atom stereocenters. The van der Waals surface area contributed by atoms with Crippen molar-refractivity contribution < 1.29 is 13.6 Å². The Bertz CT molecular complexity index is 629. The zero-order valence-corrected chi connectivity index (χ0v) is 12.3. The van der Waals surface area contributed by atoms with E-state index in [4.69, 9.17) is 0 Å². The van der Waals surface area contributed by atoms with Gasteiger partial charge in [0.15, 0.2) is 0 Å². The summed E-state index contributed by atoms with van der Waals surface area (Å²) in [5, 5.41) is 2.69. The van der Waals surface area contributed by atoms with Gasteiger partial charge >= 0.3 is 0 Å². The maximum atomic E-state index is 13.1. The van der Waals surface area contributed by atoms with Gasteiger partial charge in [0.25, 0.3) is 0 Å². The van der Waals surface area contributed by atoms with Gasteiger partial charge < -0.3 is 5.32 Å². The Morgan fingerprint density at radius 3 is 2.48 bits per heavy atom. The normalized spacial score (nSPS) is 10.4. The topological polar surface area (TPSA) is 29.1 Å². The van der Waals surface area contributed by atoms with Crippen molar-refractivity contribution >= 4 is 23.4 Å². The highest BCUT2D eigenvalue weighted by atomic mass is 32.2. The maximum Gasteiger partial charge on any atom is 0.234 e. The van der Waals surface area contributed by atoms with Gasteiger partial charge in [0.1, 0.15) is 11.6 Å². The van der Waals surface area contributed by atoms with Gasteiger partial charge in [0, 0.05) is 11.4 Å². The summed E-state index contributed by atoms with van der Waals surface area (Å²) in [5.41, 5.74) is 2.26. The van der Waals surface area contributed by atoms with Crippen LogP contribution in [-0.2, 0) is 10.5 Å². The average molecular weight is 307 g/mol. The Kier molecular flexibility index (Phi) is 5.33. The van der Waals surface area contributed by atoms with E-state index in [9.17, 15) is 13.6 Å². The molecule has 0 atom stereocenters. The van der Waals surface area contributed by atoms with Crippen molar-refractivity contribution in [1.82, 2.24) is 0 Å². The van der Waals surface area contributed by atoms with E-state index in [1.165, 1.54) is 36.0 Å². The number of hydrogen-bond acceptors (Lipinski definition) is 2. The van der Waals surface area contributed by atoms with Gasteiger partial charge in [-0.2, -0.15) is 0 Å². The lowest BCUT2D eigenvalue weighted by atomic mass is 10.2. The number of rotatable bonds is 5. The number of carbonyl (C=O) groups excluding carboxylic acids is 1. The van der Waals surface area contributed by atoms with Crippen LogP contribution >= 0.6 is 11.8 Å². The number of benzene rings is 2. The highest BCUT2D eigenvalue weighted by Crippen LogP contribution is 2.17. The molecular weight excluding hydrogens is 292 g/mol. The van der Waals surface area contributed by atoms with Crippen molar-refractivity contribution in [2.45, 2.75) is 12.7 Å². The molecule has 0 saturated carbocycles. The molecule has 0 aliphatic rings. The van der Waals surface area contributed by atoms with Gasteiger partial charge in [-0.3, -0.25) is 4.79 Å². The van der Waals surface area contributed by atoms with Gasteiger partial charge in [0.05, 0.1) is 5.75 Å². The lowest BCUT2D eigenvalue weighted by molar-refractivity contribution is -0.113. The summed E-state index contributed by atoms with van der Waals surface area (Å²) in [6.45, 7) is 1.81. The van der Waals surface area contributed by atoms with Gasteiger partial charge in [-0.05, 0) is 42.3 Å². The molecule has 0 spiro atoms. The van der Waals surface area contributed by atoms with E-state index in [2.05, 4.69) is 5.32 Å². The summed E-state index contributed by atoms with van der Waals surface area (Å²) < 4.78 is 25.9. The predicted octanol–water partition coefficient (Wildman–Crippen LogP) is 4.15. The van der Waals surface area contributed by atoms with Crippen LogP contribution in [0.15, 0.2) is 42.5 Å². The van der Waals surface area contributed by atoms with E-state index in [-0.39, 0.29) is 23.3 Å². The molecule has 1 amide bonds. The van der Waals surface area contributed by atoms with Gasteiger partial charge in [-0.25, -0.2) is 8.78 Å². The van der Waals surface area contributed by atoms with E-state index < -0.39 is 0 Å². The molecule has 2 rings (SSSR count). The third-order valence-corrected chi connectivity index (χ3v) is 3.89. The van der Waals surface area contributed by atoms with Crippen molar-refractivity contribution in [3.05, 3.63) is 65.2 Å². The first-order chi connectivity index (χ1) is 10.0. The van der Waals surface area contributed by atoms with Crippen LogP contribution in [0.2, 0.25) is 0 Å². The molecule has 21 heavy (non-hydrogen) atoms. The third kappa shape index (κ3) is 4.86. The summed E-state index contributed by atoms with van der Waals surface area (Å²) in [7, 11) is 0. The summed E-state index contributed by atoms with van der Waals surface area (Å²) in [4.78, 5) is 11.8. The Labute approximate surface area is 126 Å². The highest BCUT2D eigenvalue weighted by Gasteiger charge is 2.06. The Morgan fingerprint density at radius 1 is 1.10 bits per heavy atom. The van der Waals surface area contributed by atoms with E-state index in [1.54, 1.807) is 25.1 Å². The van der Waals surface area contributed by atoms with Crippen LogP contribution in [0.3, 0.4) is 0 Å². The molecule has 2 aromatic rings. The SMILES string of the molecule is Cc1ccc(F)cc1NC(=O)CSCc1ccc(F)cc1. The summed E-state index contributed by atoms with van der Waals surface area (Å²) in [5.74, 6) is 0.0390. The minimum atomic E-state index is -0.380. The molecule has 0 heterocycles. The second-order valence-corrected chi connectivity index (χ2v) is 5.61. The van der Waals surface area contributed by atoms with Gasteiger partial charge in [0.2, 0.25) is 5.91 Å². The molecule has 0 bridgehead atoms. The summed E-state index contributed by atoms with van der Waals surface area (Å²) in [6.07, 6.45) is 0. The Hall–Kier alpha value is -1.88. The van der Waals surface area contributed by atoms with Crippen LogP contribution in [0.4, 0.5) is 14.5 Å². The van der Waals surface area contributed by atoms with Crippen LogP contribution in [-0.4, -0.2) is 11.7 Å². The lowest BCUT2D eigenvalue weighted by Crippen LogP contribution is -2.15. The second kappa shape index (κ2) is 7.22. The standard InChI is InChI=1S/C16H15F2NOS/c1-11-2-5-14(18)8-15(11)19-16(20)10-21-9-12-3-6-13(17)7-4-12/h2-8H,9-10H2,1H3,(H,19,20). The molecule has 0 aliphatic heterocycles. The predicted molar refractivity (Wildman–Crippen MR) is 82.3 cm³/mol. The van der Waals surface area contributed by atoms with Crippen LogP contribution in [0.5, 0.6) is 0 Å². The first-order valence-electron chi connectivity index (χ1n) is 6.43. The zero-order valence-electron chi connectivity index (χ0n) is 11.5. The molecule has 0 aliphatic carbocycles. The third-order valence-electron chi connectivity index (χ3n) is 2.89. The fourth-order valence-corrected chi connectivity index (χ4v) is 2.55. The van der Waals surface area contributed by atoms with Gasteiger partial charge in [-0.15, -0.1) is 11.8 Å².